The fraction of sp³-hybridized carbons (Fsp3) is 0.200. The molecule has 0 aliphatic rings. The van der Waals surface area contributed by atoms with Crippen molar-refractivity contribution in [3.05, 3.63) is 100 Å². The van der Waals surface area contributed by atoms with Crippen LogP contribution in [0.4, 0.5) is 79.0 Å². The van der Waals surface area contributed by atoms with Crippen LogP contribution in [0.25, 0.3) is 33.4 Å². The van der Waals surface area contributed by atoms with E-state index in [1.807, 2.05) is 0 Å². The molecule has 274 valence electrons. The van der Waals surface area contributed by atoms with Crippen molar-refractivity contribution in [2.45, 2.75) is 37.1 Å². The average molecular weight is 758 g/mol. The minimum Gasteiger partial charge on any atom is -0.423 e. The van der Waals surface area contributed by atoms with E-state index < -0.39 is 135 Å². The fourth-order valence-corrected chi connectivity index (χ4v) is 4.99. The van der Waals surface area contributed by atoms with Crippen LogP contribution >= 0.6 is 0 Å². The molecule has 51 heavy (non-hydrogen) atoms. The summed E-state index contributed by atoms with van der Waals surface area (Å²) in [6, 6.07) is -1.37. The number of hydrogen-bond acceptors (Lipinski definition) is 2. The van der Waals surface area contributed by atoms with Crippen LogP contribution < -0.4 is 5.46 Å². The van der Waals surface area contributed by atoms with Crippen molar-refractivity contribution < 1.29 is 89.1 Å². The number of rotatable bonds is 4. The Morgan fingerprint density at radius 3 is 0.843 bits per heavy atom. The summed E-state index contributed by atoms with van der Waals surface area (Å²) in [5, 5.41) is 20.2. The Labute approximate surface area is 272 Å². The molecule has 0 fully saturated rings. The zero-order chi connectivity index (χ0) is 38.9. The first-order chi connectivity index (χ1) is 22.9. The van der Waals surface area contributed by atoms with E-state index in [0.717, 1.165) is 0 Å². The molecular weight excluding hydrogens is 745 g/mol. The third-order valence-electron chi connectivity index (χ3n) is 7.17. The normalized spacial score (nSPS) is 13.5. The first-order valence-electron chi connectivity index (χ1n) is 13.3. The predicted octanol–water partition coefficient (Wildman–Crippen LogP) is 10.5. The van der Waals surface area contributed by atoms with Crippen LogP contribution in [0.3, 0.4) is 0 Å². The number of halogens is 18. The summed E-state index contributed by atoms with van der Waals surface area (Å²) in [5.74, 6) is 0. The molecule has 0 saturated heterocycles. The Balaban J connectivity index is 2.38. The zero-order valence-electron chi connectivity index (χ0n) is 24.1. The van der Waals surface area contributed by atoms with Crippen molar-refractivity contribution in [2.75, 3.05) is 0 Å². The van der Waals surface area contributed by atoms with Crippen LogP contribution in [-0.2, 0) is 37.1 Å². The molecule has 0 unspecified atom stereocenters. The molecule has 0 spiro atoms. The molecule has 2 nitrogen and oxygen atoms in total. The summed E-state index contributed by atoms with van der Waals surface area (Å²) in [5.41, 5.74) is -22.4. The quantitative estimate of drug-likeness (QED) is 0.161. The van der Waals surface area contributed by atoms with Crippen molar-refractivity contribution in [2.24, 2.45) is 0 Å². The van der Waals surface area contributed by atoms with Gasteiger partial charge < -0.3 is 10.0 Å². The van der Waals surface area contributed by atoms with E-state index in [9.17, 15) is 89.1 Å². The second kappa shape index (κ2) is 12.7. The zero-order valence-corrected chi connectivity index (χ0v) is 24.1. The van der Waals surface area contributed by atoms with Crippen molar-refractivity contribution in [3.8, 4) is 33.4 Å². The van der Waals surface area contributed by atoms with Gasteiger partial charge in [-0.05, 0) is 93.4 Å². The van der Waals surface area contributed by atoms with Gasteiger partial charge in [0.25, 0.3) is 0 Å². The second-order valence-electron chi connectivity index (χ2n) is 10.7. The topological polar surface area (TPSA) is 40.5 Å². The van der Waals surface area contributed by atoms with Crippen LogP contribution in [0.15, 0.2) is 66.7 Å². The molecule has 0 atom stereocenters. The first kappa shape index (κ1) is 39.4. The number of hydrogen-bond donors (Lipinski definition) is 2. The van der Waals surface area contributed by atoms with Gasteiger partial charge in [-0.25, -0.2) is 0 Å². The van der Waals surface area contributed by atoms with Gasteiger partial charge in [-0.1, -0.05) is 12.1 Å². The van der Waals surface area contributed by atoms with E-state index in [2.05, 4.69) is 0 Å². The largest absolute Gasteiger partial charge is 0.489 e. The highest BCUT2D eigenvalue weighted by Gasteiger charge is 2.41. The van der Waals surface area contributed by atoms with Gasteiger partial charge in [0.1, 0.15) is 0 Å². The van der Waals surface area contributed by atoms with Gasteiger partial charge in [0.15, 0.2) is 0 Å². The Bertz CT molecular complexity index is 1850. The lowest BCUT2D eigenvalue weighted by Crippen LogP contribution is -2.32. The van der Waals surface area contributed by atoms with Crippen molar-refractivity contribution >= 4 is 12.6 Å². The monoisotopic (exact) mass is 758 g/mol. The first-order valence-corrected chi connectivity index (χ1v) is 13.3. The highest BCUT2D eigenvalue weighted by molar-refractivity contribution is 6.61. The summed E-state index contributed by atoms with van der Waals surface area (Å²) >= 11 is 0. The lowest BCUT2D eigenvalue weighted by Gasteiger charge is -2.24. The standard InChI is InChI=1S/C30H13BF18O2/c32-25(33,34)15-3-12(4-16(9-15)26(35,36)37)21-1-2-22(31(50)51)24(14-7-19(29(44,45)46)11-20(8-14)30(47,48)49)23(21)13-5-17(27(38,39)40)10-18(6-13)28(41,42)43/h1-11,50-51H. The molecule has 2 N–H and O–H groups in total. The highest BCUT2D eigenvalue weighted by atomic mass is 19.4. The van der Waals surface area contributed by atoms with Crippen LogP contribution in [-0.4, -0.2) is 17.2 Å². The van der Waals surface area contributed by atoms with Crippen LogP contribution in [0.2, 0.25) is 0 Å². The van der Waals surface area contributed by atoms with Gasteiger partial charge in [-0.2, -0.15) is 79.0 Å². The molecule has 4 rings (SSSR count). The SMILES string of the molecule is OB(O)c1ccc(-c2cc(C(F)(F)F)cc(C(F)(F)F)c2)c(-c2cc(C(F)(F)F)cc(C(F)(F)F)c2)c1-c1cc(C(F)(F)F)cc(C(F)(F)F)c1. The third kappa shape index (κ3) is 8.57. The van der Waals surface area contributed by atoms with Gasteiger partial charge in [-0.3, -0.25) is 0 Å². The molecule has 4 aromatic rings. The van der Waals surface area contributed by atoms with Crippen LogP contribution in [0.5, 0.6) is 0 Å². The van der Waals surface area contributed by atoms with Crippen molar-refractivity contribution in [3.63, 3.8) is 0 Å². The maximum atomic E-state index is 13.9. The highest BCUT2D eigenvalue weighted by Crippen LogP contribution is 2.48. The molecular formula is C30H13BF18O2. The van der Waals surface area contributed by atoms with E-state index in [0.29, 0.717) is 12.1 Å². The molecule has 21 heteroatoms. The predicted molar refractivity (Wildman–Crippen MR) is 143 cm³/mol. The average Bonchev–Trinajstić information content (AvgIpc) is 2.97. The molecule has 0 aliphatic heterocycles. The van der Waals surface area contributed by atoms with Gasteiger partial charge in [0.2, 0.25) is 0 Å². The molecule has 0 saturated carbocycles. The Morgan fingerprint density at radius 1 is 0.333 bits per heavy atom. The van der Waals surface area contributed by atoms with Gasteiger partial charge in [-0.15, -0.1) is 0 Å². The van der Waals surface area contributed by atoms with E-state index in [1.54, 1.807) is 0 Å². The minimum atomic E-state index is -5.69. The van der Waals surface area contributed by atoms with E-state index in [-0.39, 0.29) is 36.4 Å². The molecule has 0 heterocycles. The Morgan fingerprint density at radius 2 is 0.588 bits per heavy atom. The number of benzene rings is 4. The van der Waals surface area contributed by atoms with Crippen molar-refractivity contribution in [1.82, 2.24) is 0 Å². The van der Waals surface area contributed by atoms with Crippen LogP contribution in [0, 0.1) is 0 Å². The molecule has 0 bridgehead atoms. The van der Waals surface area contributed by atoms with E-state index in [1.165, 1.54) is 0 Å². The summed E-state index contributed by atoms with van der Waals surface area (Å²) < 4.78 is 249. The number of alkyl halides is 18. The fourth-order valence-electron chi connectivity index (χ4n) is 4.99. The smallest absolute Gasteiger partial charge is 0.423 e. The van der Waals surface area contributed by atoms with Gasteiger partial charge >= 0.3 is 44.2 Å². The minimum absolute atomic E-state index is 0.0710. The molecule has 0 aliphatic carbocycles. The molecule has 0 amide bonds. The van der Waals surface area contributed by atoms with E-state index in [4.69, 9.17) is 0 Å². The lowest BCUT2D eigenvalue weighted by atomic mass is 9.71. The lowest BCUT2D eigenvalue weighted by molar-refractivity contribution is -0.144. The molecule has 0 aromatic heterocycles. The molecule has 0 radical (unpaired) electrons. The summed E-state index contributed by atoms with van der Waals surface area (Å²) in [7, 11) is -3.02. The van der Waals surface area contributed by atoms with Crippen molar-refractivity contribution in [1.29, 1.82) is 0 Å². The van der Waals surface area contributed by atoms with Gasteiger partial charge in [0.05, 0.1) is 33.4 Å². The summed E-state index contributed by atoms with van der Waals surface area (Å²) in [6.45, 7) is 0. The maximum absolute atomic E-state index is 13.9. The summed E-state index contributed by atoms with van der Waals surface area (Å²) in [6.07, 6.45) is -33.9. The summed E-state index contributed by atoms with van der Waals surface area (Å²) in [4.78, 5) is 0. The third-order valence-corrected chi connectivity index (χ3v) is 7.17. The maximum Gasteiger partial charge on any atom is 0.489 e. The Hall–Kier alpha value is -4.40. The van der Waals surface area contributed by atoms with Gasteiger partial charge in [0, 0.05) is 0 Å². The van der Waals surface area contributed by atoms with E-state index >= 15 is 0 Å². The second-order valence-corrected chi connectivity index (χ2v) is 10.7. The Kier molecular flexibility index (Phi) is 9.79. The molecule has 4 aromatic carbocycles. The van der Waals surface area contributed by atoms with Crippen LogP contribution in [0.1, 0.15) is 33.4 Å².